The molecule has 0 bridgehead atoms. The first-order valence-electron chi connectivity index (χ1n) is 12.5. The normalized spacial score (nSPS) is 12.5. The number of carbonyl (C=O) groups excluding carboxylic acids is 1. The maximum atomic E-state index is 13.3. The molecule has 9 nitrogen and oxygen atoms in total. The maximum absolute atomic E-state index is 13.3. The topological polar surface area (TPSA) is 139 Å². The highest BCUT2D eigenvalue weighted by molar-refractivity contribution is 7.89. The van der Waals surface area contributed by atoms with Crippen molar-refractivity contribution in [3.63, 3.8) is 0 Å². The van der Waals surface area contributed by atoms with Gasteiger partial charge in [0.1, 0.15) is 11.8 Å². The number of rotatable bonds is 15. The van der Waals surface area contributed by atoms with Gasteiger partial charge < -0.3 is 20.9 Å². The Kier molecular flexibility index (Phi) is 11.4. The average Bonchev–Trinajstić information content (AvgIpc) is 2.84. The molecule has 2 rings (SSSR count). The number of nitrogen functional groups attached to an aromatic ring is 1. The molecule has 2 aromatic rings. The number of nitrogens with two attached hydrogens (primary N) is 1. The fraction of sp³-hybridized carbons (Fsp3) is 0.481. The molecule has 0 aliphatic heterocycles. The van der Waals surface area contributed by atoms with Crippen LogP contribution in [0.25, 0.3) is 0 Å². The van der Waals surface area contributed by atoms with Gasteiger partial charge in [-0.25, -0.2) is 8.42 Å². The number of nitrogens with one attached hydrogen (secondary N) is 1. The molecule has 4 N–H and O–H groups in total. The van der Waals surface area contributed by atoms with Gasteiger partial charge >= 0.3 is 5.97 Å². The summed E-state index contributed by atoms with van der Waals surface area (Å²) in [5, 5.41) is 12.7. The van der Waals surface area contributed by atoms with Crippen LogP contribution in [0, 0.1) is 12.8 Å². The van der Waals surface area contributed by atoms with E-state index in [0.29, 0.717) is 37.9 Å². The lowest BCUT2D eigenvalue weighted by molar-refractivity contribution is -0.142. The Morgan fingerprint density at radius 3 is 2.38 bits per heavy atom. The Morgan fingerprint density at radius 2 is 1.78 bits per heavy atom. The minimum Gasteiger partial charge on any atom is -0.496 e. The number of benzene rings is 2. The van der Waals surface area contributed by atoms with Gasteiger partial charge in [-0.05, 0) is 80.0 Å². The lowest BCUT2D eigenvalue weighted by Gasteiger charge is -2.29. The van der Waals surface area contributed by atoms with Gasteiger partial charge in [-0.3, -0.25) is 9.59 Å². The zero-order valence-electron chi connectivity index (χ0n) is 22.1. The zero-order chi connectivity index (χ0) is 27.6. The Bertz CT molecular complexity index is 1150. The summed E-state index contributed by atoms with van der Waals surface area (Å²) in [5.41, 5.74) is 8.14. The number of hydrogen-bond acceptors (Lipinski definition) is 6. The molecule has 37 heavy (non-hydrogen) atoms. The molecule has 10 heteroatoms. The fourth-order valence-corrected chi connectivity index (χ4v) is 5.78. The summed E-state index contributed by atoms with van der Waals surface area (Å²) in [4.78, 5) is 24.4. The van der Waals surface area contributed by atoms with E-state index >= 15 is 0 Å². The quantitative estimate of drug-likeness (QED) is 0.235. The number of carboxylic acids is 1. The first-order chi connectivity index (χ1) is 17.4. The van der Waals surface area contributed by atoms with E-state index in [1.165, 1.54) is 24.3 Å². The molecule has 0 unspecified atom stereocenters. The van der Waals surface area contributed by atoms with Crippen LogP contribution >= 0.6 is 0 Å². The molecule has 0 radical (unpaired) electrons. The van der Waals surface area contributed by atoms with Crippen LogP contribution in [0.2, 0.25) is 0 Å². The number of aryl methyl sites for hydroxylation is 2. The number of anilines is 1. The molecule has 0 spiro atoms. The molecular formula is C27H39N3O6S. The van der Waals surface area contributed by atoms with E-state index in [1.807, 2.05) is 39.0 Å². The second kappa shape index (κ2) is 14.0. The highest BCUT2D eigenvalue weighted by atomic mass is 32.2. The highest BCUT2D eigenvalue weighted by Crippen LogP contribution is 2.24. The van der Waals surface area contributed by atoms with E-state index < -0.39 is 22.0 Å². The Hall–Kier alpha value is -3.11. The lowest BCUT2D eigenvalue weighted by Crippen LogP contribution is -2.46. The number of ether oxygens (including phenoxy) is 1. The fourth-order valence-electron chi connectivity index (χ4n) is 4.00. The summed E-state index contributed by atoms with van der Waals surface area (Å²) in [5.74, 6) is -0.621. The summed E-state index contributed by atoms with van der Waals surface area (Å²) in [7, 11) is -2.44. The predicted octanol–water partition coefficient (Wildman–Crippen LogP) is 3.61. The van der Waals surface area contributed by atoms with Gasteiger partial charge in [0, 0.05) is 25.2 Å². The van der Waals surface area contributed by atoms with E-state index in [9.17, 15) is 23.1 Å². The molecule has 204 valence electrons. The Morgan fingerprint density at radius 1 is 1.11 bits per heavy atom. The third kappa shape index (κ3) is 9.05. The number of methoxy groups -OCH3 is 1. The molecule has 0 saturated carbocycles. The number of hydrogen-bond donors (Lipinski definition) is 3. The van der Waals surface area contributed by atoms with Crippen LogP contribution in [-0.4, -0.2) is 55.9 Å². The summed E-state index contributed by atoms with van der Waals surface area (Å²) in [6.45, 7) is 6.11. The second-order valence-corrected chi connectivity index (χ2v) is 11.4. The third-order valence-corrected chi connectivity index (χ3v) is 7.84. The summed E-state index contributed by atoms with van der Waals surface area (Å²) in [6, 6.07) is 10.4. The van der Waals surface area contributed by atoms with Crippen LogP contribution < -0.4 is 15.8 Å². The Labute approximate surface area is 220 Å². The van der Waals surface area contributed by atoms with Crippen LogP contribution in [-0.2, 0) is 26.0 Å². The molecule has 0 aromatic heterocycles. The van der Waals surface area contributed by atoms with Gasteiger partial charge in [0.2, 0.25) is 15.9 Å². The van der Waals surface area contributed by atoms with Crippen LogP contribution in [0.5, 0.6) is 5.75 Å². The third-order valence-electron chi connectivity index (χ3n) is 5.95. The minimum absolute atomic E-state index is 0.00562. The molecule has 0 aliphatic carbocycles. The van der Waals surface area contributed by atoms with Gasteiger partial charge in [0.05, 0.1) is 12.0 Å². The van der Waals surface area contributed by atoms with E-state index in [1.54, 1.807) is 7.11 Å². The highest BCUT2D eigenvalue weighted by Gasteiger charge is 2.36. The SMILES string of the molecule is COc1cc(C)ccc1CCC(=O)NCCCC[C@@H](C(=O)O)N(CC(C)C)S(=O)(=O)c1ccc(N)cc1. The zero-order valence-corrected chi connectivity index (χ0v) is 22.9. The number of carbonyl (C=O) groups is 2. The smallest absolute Gasteiger partial charge is 0.322 e. The standard InChI is InChI=1S/C27H39N3O6S/c1-19(2)18-30(37(34,35)23-13-11-22(28)12-14-23)24(27(32)33)7-5-6-16-29-26(31)15-10-21-9-8-20(3)17-25(21)36-4/h8-9,11-14,17,19,24H,5-7,10,15-16,18,28H2,1-4H3,(H,29,31)(H,32,33)/t24-/m0/s1. The molecular weight excluding hydrogens is 494 g/mol. The van der Waals surface area contributed by atoms with Gasteiger partial charge in [0.25, 0.3) is 0 Å². The van der Waals surface area contributed by atoms with Gasteiger partial charge in [0.15, 0.2) is 0 Å². The molecule has 0 fully saturated rings. The van der Waals surface area contributed by atoms with Crippen molar-refractivity contribution in [3.05, 3.63) is 53.6 Å². The van der Waals surface area contributed by atoms with Crippen LogP contribution in [0.1, 0.15) is 50.7 Å². The minimum atomic E-state index is -4.04. The summed E-state index contributed by atoms with van der Waals surface area (Å²) >= 11 is 0. The number of aliphatic carboxylic acids is 1. The average molecular weight is 534 g/mol. The number of carboxylic acid groups (broad SMARTS) is 1. The molecule has 1 amide bonds. The maximum Gasteiger partial charge on any atom is 0.322 e. The summed E-state index contributed by atoms with van der Waals surface area (Å²) in [6.07, 6.45) is 1.95. The van der Waals surface area contributed by atoms with E-state index in [0.717, 1.165) is 21.2 Å². The van der Waals surface area contributed by atoms with Crippen molar-refractivity contribution in [2.45, 2.75) is 63.8 Å². The second-order valence-electron chi connectivity index (χ2n) is 9.55. The van der Waals surface area contributed by atoms with Gasteiger partial charge in [-0.2, -0.15) is 4.31 Å². The number of sulfonamides is 1. The molecule has 1 atom stereocenters. The lowest BCUT2D eigenvalue weighted by atomic mass is 10.1. The van der Waals surface area contributed by atoms with Crippen molar-refractivity contribution in [1.82, 2.24) is 9.62 Å². The van der Waals surface area contributed by atoms with Gasteiger partial charge in [-0.1, -0.05) is 26.0 Å². The first kappa shape index (κ1) is 30.1. The van der Waals surface area contributed by atoms with Crippen molar-refractivity contribution in [2.75, 3.05) is 25.9 Å². The molecule has 0 heterocycles. The van der Waals surface area contributed by atoms with Crippen LogP contribution in [0.4, 0.5) is 5.69 Å². The number of amides is 1. The van der Waals surface area contributed by atoms with Crippen LogP contribution in [0.15, 0.2) is 47.4 Å². The summed E-state index contributed by atoms with van der Waals surface area (Å²) < 4.78 is 33.1. The first-order valence-corrected chi connectivity index (χ1v) is 13.9. The molecule has 0 saturated heterocycles. The van der Waals surface area contributed by atoms with Crippen LogP contribution in [0.3, 0.4) is 0 Å². The monoisotopic (exact) mass is 533 g/mol. The van der Waals surface area contributed by atoms with E-state index in [2.05, 4.69) is 5.32 Å². The Balaban J connectivity index is 1.93. The number of unbranched alkanes of at least 4 members (excludes halogenated alkanes) is 1. The predicted molar refractivity (Wildman–Crippen MR) is 144 cm³/mol. The van der Waals surface area contributed by atoms with Crippen molar-refractivity contribution in [3.8, 4) is 5.75 Å². The van der Waals surface area contributed by atoms with E-state index in [-0.39, 0.29) is 29.7 Å². The van der Waals surface area contributed by atoms with Crippen molar-refractivity contribution in [2.24, 2.45) is 5.92 Å². The molecule has 0 aliphatic rings. The van der Waals surface area contributed by atoms with Crippen molar-refractivity contribution in [1.29, 1.82) is 0 Å². The van der Waals surface area contributed by atoms with Crippen molar-refractivity contribution >= 4 is 27.6 Å². The largest absolute Gasteiger partial charge is 0.496 e. The van der Waals surface area contributed by atoms with Gasteiger partial charge in [-0.15, -0.1) is 0 Å². The van der Waals surface area contributed by atoms with E-state index in [4.69, 9.17) is 10.5 Å². The number of nitrogens with zero attached hydrogens (tertiary/aromatic N) is 1. The molecule has 2 aromatic carbocycles. The van der Waals surface area contributed by atoms with Crippen molar-refractivity contribution < 1.29 is 27.9 Å².